The second kappa shape index (κ2) is 8.61. The minimum atomic E-state index is -0.107. The van der Waals surface area contributed by atoms with E-state index < -0.39 is 0 Å². The molecule has 0 unspecified atom stereocenters. The first-order chi connectivity index (χ1) is 12.1. The highest BCUT2D eigenvalue weighted by molar-refractivity contribution is 8.13. The molecule has 2 aromatic carbocycles. The molecule has 0 spiro atoms. The Kier molecular flexibility index (Phi) is 6.24. The lowest BCUT2D eigenvalue weighted by Gasteiger charge is -2.18. The molecule has 2 aromatic rings. The van der Waals surface area contributed by atoms with Gasteiger partial charge in [0.15, 0.2) is 11.8 Å². The van der Waals surface area contributed by atoms with Crippen molar-refractivity contribution in [2.24, 2.45) is 4.99 Å². The Labute approximate surface area is 160 Å². The zero-order valence-electron chi connectivity index (χ0n) is 13.3. The third-order valence-electron chi connectivity index (χ3n) is 3.54. The van der Waals surface area contributed by atoms with E-state index in [1.165, 1.54) is 11.8 Å². The van der Waals surface area contributed by atoms with Crippen molar-refractivity contribution in [3.05, 3.63) is 64.1 Å². The van der Waals surface area contributed by atoms with Gasteiger partial charge in [-0.05, 0) is 42.0 Å². The van der Waals surface area contributed by atoms with Gasteiger partial charge in [0.05, 0.1) is 6.54 Å². The number of hydrogen-bond donors (Lipinski definition) is 0. The summed E-state index contributed by atoms with van der Waals surface area (Å²) in [5, 5.41) is 2.06. The van der Waals surface area contributed by atoms with Crippen LogP contribution in [0.25, 0.3) is 0 Å². The fraction of sp³-hybridized carbons (Fsp3) is 0.222. The number of ether oxygens (including phenoxy) is 1. The number of rotatable bonds is 5. The third-order valence-corrected chi connectivity index (χ3v) is 5.11. The van der Waals surface area contributed by atoms with Gasteiger partial charge in [-0.15, -0.1) is 0 Å². The Hall–Kier alpha value is -1.69. The molecule has 0 aromatic heterocycles. The Bertz CT molecular complexity index is 781. The van der Waals surface area contributed by atoms with E-state index in [0.29, 0.717) is 34.6 Å². The zero-order chi connectivity index (χ0) is 17.6. The van der Waals surface area contributed by atoms with E-state index in [0.717, 1.165) is 10.7 Å². The lowest BCUT2D eigenvalue weighted by molar-refractivity contribution is -0.128. The van der Waals surface area contributed by atoms with Crippen molar-refractivity contribution in [2.45, 2.75) is 5.75 Å². The first kappa shape index (κ1) is 18.1. The number of aliphatic imine (C=N–C) groups is 1. The van der Waals surface area contributed by atoms with Crippen molar-refractivity contribution in [1.82, 2.24) is 4.90 Å². The first-order valence-corrected chi connectivity index (χ1v) is 9.46. The summed E-state index contributed by atoms with van der Waals surface area (Å²) >= 11 is 13.4. The van der Waals surface area contributed by atoms with Gasteiger partial charge in [-0.25, -0.2) is 0 Å². The Balaban J connectivity index is 1.53. The van der Waals surface area contributed by atoms with Crippen LogP contribution in [0, 0.1) is 0 Å². The largest absolute Gasteiger partial charge is 0.484 e. The van der Waals surface area contributed by atoms with Gasteiger partial charge in [0, 0.05) is 22.3 Å². The van der Waals surface area contributed by atoms with Crippen molar-refractivity contribution in [2.75, 3.05) is 19.7 Å². The highest BCUT2D eigenvalue weighted by atomic mass is 35.5. The molecule has 1 aliphatic rings. The van der Waals surface area contributed by atoms with Gasteiger partial charge in [0.1, 0.15) is 5.75 Å². The van der Waals surface area contributed by atoms with Gasteiger partial charge in [-0.1, -0.05) is 47.1 Å². The summed E-state index contributed by atoms with van der Waals surface area (Å²) < 4.78 is 5.53. The summed E-state index contributed by atoms with van der Waals surface area (Å²) in [7, 11) is 0. The molecule has 1 amide bonds. The SMILES string of the molecule is O=C(COc1ccc(Cl)cc1)N1CCN=C1SCc1cccc(Cl)c1. The number of nitrogens with zero attached hydrogens (tertiary/aromatic N) is 2. The van der Waals surface area contributed by atoms with Gasteiger partial charge < -0.3 is 4.74 Å². The van der Waals surface area contributed by atoms with Crippen LogP contribution in [0.3, 0.4) is 0 Å². The molecule has 0 atom stereocenters. The van der Waals surface area contributed by atoms with Crippen LogP contribution in [0.15, 0.2) is 53.5 Å². The smallest absolute Gasteiger partial charge is 0.266 e. The highest BCUT2D eigenvalue weighted by Crippen LogP contribution is 2.22. The molecule has 1 aliphatic heterocycles. The lowest BCUT2D eigenvalue weighted by atomic mass is 10.2. The standard InChI is InChI=1S/C18H16Cl2N2O2S/c19-14-4-6-16(7-5-14)24-11-17(23)22-9-8-21-18(22)25-12-13-2-1-3-15(20)10-13/h1-7,10H,8-9,11-12H2. The van der Waals surface area contributed by atoms with Gasteiger partial charge in [0.25, 0.3) is 5.91 Å². The average Bonchev–Trinajstić information content (AvgIpc) is 3.08. The number of hydrogen-bond acceptors (Lipinski definition) is 4. The molecular weight excluding hydrogens is 379 g/mol. The molecule has 25 heavy (non-hydrogen) atoms. The quantitative estimate of drug-likeness (QED) is 0.749. The van der Waals surface area contributed by atoms with Crippen LogP contribution in [0.4, 0.5) is 0 Å². The number of carbonyl (C=O) groups excluding carboxylic acids is 1. The van der Waals surface area contributed by atoms with Crippen molar-refractivity contribution < 1.29 is 9.53 Å². The van der Waals surface area contributed by atoms with Crippen LogP contribution in [0.2, 0.25) is 10.0 Å². The maximum atomic E-state index is 12.4. The molecule has 1 heterocycles. The second-order valence-electron chi connectivity index (χ2n) is 5.37. The van der Waals surface area contributed by atoms with Gasteiger partial charge in [-0.3, -0.25) is 14.7 Å². The zero-order valence-corrected chi connectivity index (χ0v) is 15.7. The van der Waals surface area contributed by atoms with E-state index >= 15 is 0 Å². The van der Waals surface area contributed by atoms with Crippen molar-refractivity contribution in [3.63, 3.8) is 0 Å². The maximum absolute atomic E-state index is 12.4. The number of amidine groups is 1. The van der Waals surface area contributed by atoms with E-state index in [1.807, 2.05) is 24.3 Å². The predicted octanol–water partition coefficient (Wildman–Crippen LogP) is 4.50. The molecule has 4 nitrogen and oxygen atoms in total. The summed E-state index contributed by atoms with van der Waals surface area (Å²) in [5.74, 6) is 1.22. The number of amides is 1. The number of thioether (sulfide) groups is 1. The van der Waals surface area contributed by atoms with Gasteiger partial charge >= 0.3 is 0 Å². The number of carbonyl (C=O) groups is 1. The molecule has 7 heteroatoms. The van der Waals surface area contributed by atoms with Crippen molar-refractivity contribution in [3.8, 4) is 5.75 Å². The Morgan fingerprint density at radius 3 is 2.72 bits per heavy atom. The first-order valence-electron chi connectivity index (χ1n) is 7.72. The molecule has 130 valence electrons. The number of benzene rings is 2. The second-order valence-corrected chi connectivity index (χ2v) is 7.19. The Morgan fingerprint density at radius 2 is 1.96 bits per heavy atom. The molecule has 0 bridgehead atoms. The molecule has 0 saturated carbocycles. The van der Waals surface area contributed by atoms with Crippen molar-refractivity contribution in [1.29, 1.82) is 0 Å². The molecule has 0 N–H and O–H groups in total. The molecule has 0 aliphatic carbocycles. The fourth-order valence-corrected chi connectivity index (χ4v) is 3.66. The van der Waals surface area contributed by atoms with Crippen LogP contribution in [-0.2, 0) is 10.5 Å². The van der Waals surface area contributed by atoms with E-state index in [-0.39, 0.29) is 12.5 Å². The highest BCUT2D eigenvalue weighted by Gasteiger charge is 2.24. The van der Waals surface area contributed by atoms with Crippen LogP contribution >= 0.6 is 35.0 Å². The van der Waals surface area contributed by atoms with E-state index in [1.54, 1.807) is 29.2 Å². The van der Waals surface area contributed by atoms with Gasteiger partial charge in [-0.2, -0.15) is 0 Å². The molecular formula is C18H16Cl2N2O2S. The van der Waals surface area contributed by atoms with Gasteiger partial charge in [0.2, 0.25) is 0 Å². The molecule has 0 fully saturated rings. The lowest BCUT2D eigenvalue weighted by Crippen LogP contribution is -2.36. The van der Waals surface area contributed by atoms with Crippen LogP contribution in [-0.4, -0.2) is 35.7 Å². The topological polar surface area (TPSA) is 41.9 Å². The summed E-state index contributed by atoms with van der Waals surface area (Å²) in [5.41, 5.74) is 1.09. The molecule has 0 radical (unpaired) electrons. The predicted molar refractivity (Wildman–Crippen MR) is 104 cm³/mol. The summed E-state index contributed by atoms with van der Waals surface area (Å²) in [6, 6.07) is 14.6. The average molecular weight is 395 g/mol. The van der Waals surface area contributed by atoms with Crippen molar-refractivity contribution >= 4 is 46.0 Å². The minimum absolute atomic E-state index is 0.0294. The molecule has 0 saturated heterocycles. The van der Waals surface area contributed by atoms with Crippen LogP contribution in [0.5, 0.6) is 5.75 Å². The minimum Gasteiger partial charge on any atom is -0.484 e. The summed E-state index contributed by atoms with van der Waals surface area (Å²) in [6.07, 6.45) is 0. The van der Waals surface area contributed by atoms with Crippen LogP contribution in [0.1, 0.15) is 5.56 Å². The van der Waals surface area contributed by atoms with E-state index in [2.05, 4.69) is 4.99 Å². The van der Waals surface area contributed by atoms with E-state index in [9.17, 15) is 4.79 Å². The van der Waals surface area contributed by atoms with Crippen LogP contribution < -0.4 is 4.74 Å². The maximum Gasteiger partial charge on any atom is 0.266 e. The summed E-state index contributed by atoms with van der Waals surface area (Å²) in [4.78, 5) is 18.5. The normalized spacial score (nSPS) is 13.7. The fourth-order valence-electron chi connectivity index (χ4n) is 2.31. The monoisotopic (exact) mass is 394 g/mol. The Morgan fingerprint density at radius 1 is 1.16 bits per heavy atom. The van der Waals surface area contributed by atoms with E-state index in [4.69, 9.17) is 27.9 Å². The number of halogens is 2. The third kappa shape index (κ3) is 5.14. The summed E-state index contributed by atoms with van der Waals surface area (Å²) in [6.45, 7) is 1.17. The molecule has 3 rings (SSSR count).